The molecule has 2 rings (SSSR count). The molecular formula is C14H23N5O. The van der Waals surface area contributed by atoms with Gasteiger partial charge in [-0.1, -0.05) is 0 Å². The number of rotatable bonds is 5. The first-order valence-corrected chi connectivity index (χ1v) is 7.09. The number of amides is 1. The summed E-state index contributed by atoms with van der Waals surface area (Å²) in [5.74, 6) is 0.00602. The Kier molecular flexibility index (Phi) is 4.42. The van der Waals surface area contributed by atoms with Crippen LogP contribution >= 0.6 is 0 Å². The number of hydrogen-bond acceptors (Lipinski definition) is 4. The number of hydrogen-bond donors (Lipinski definition) is 1. The highest BCUT2D eigenvalue weighted by Gasteiger charge is 2.15. The van der Waals surface area contributed by atoms with Gasteiger partial charge in [0.1, 0.15) is 6.54 Å². The number of nitrogens with one attached hydrogen (secondary N) is 1. The Balaban J connectivity index is 1.89. The highest BCUT2D eigenvalue weighted by molar-refractivity contribution is 5.84. The SMILES string of the molecule is CCn1nc(C)c(CNC(=O)CN2CCC(C)=N2)c1C. The molecule has 1 aliphatic heterocycles. The summed E-state index contributed by atoms with van der Waals surface area (Å²) in [6, 6.07) is 0. The van der Waals surface area contributed by atoms with Gasteiger partial charge in [0.05, 0.1) is 5.69 Å². The number of nitrogens with zero attached hydrogens (tertiary/aromatic N) is 4. The summed E-state index contributed by atoms with van der Waals surface area (Å²) in [7, 11) is 0. The van der Waals surface area contributed by atoms with Gasteiger partial charge in [-0.2, -0.15) is 10.2 Å². The monoisotopic (exact) mass is 277 g/mol. The maximum atomic E-state index is 11.9. The van der Waals surface area contributed by atoms with E-state index in [1.165, 1.54) is 0 Å². The van der Waals surface area contributed by atoms with Crippen molar-refractivity contribution in [3.05, 3.63) is 17.0 Å². The standard InChI is InChI=1S/C14H23N5O/c1-5-19-12(4)13(11(3)17-19)8-15-14(20)9-18-7-6-10(2)16-18/h5-9H2,1-4H3,(H,15,20). The van der Waals surface area contributed by atoms with Crippen LogP contribution in [0.4, 0.5) is 0 Å². The molecule has 110 valence electrons. The molecule has 20 heavy (non-hydrogen) atoms. The Bertz CT molecular complexity index is 532. The first-order chi connectivity index (χ1) is 9.51. The molecule has 0 unspecified atom stereocenters. The van der Waals surface area contributed by atoms with E-state index >= 15 is 0 Å². The largest absolute Gasteiger partial charge is 0.350 e. The molecule has 1 aliphatic rings. The van der Waals surface area contributed by atoms with Gasteiger partial charge in [-0.05, 0) is 27.7 Å². The van der Waals surface area contributed by atoms with E-state index in [1.807, 2.05) is 30.5 Å². The fraction of sp³-hybridized carbons (Fsp3) is 0.643. The molecule has 1 amide bonds. The molecule has 6 nitrogen and oxygen atoms in total. The van der Waals surface area contributed by atoms with Gasteiger partial charge < -0.3 is 5.32 Å². The lowest BCUT2D eigenvalue weighted by atomic mass is 10.2. The van der Waals surface area contributed by atoms with E-state index in [1.54, 1.807) is 0 Å². The zero-order valence-corrected chi connectivity index (χ0v) is 12.7. The molecule has 0 fully saturated rings. The van der Waals surface area contributed by atoms with Crippen molar-refractivity contribution in [2.45, 2.75) is 47.2 Å². The summed E-state index contributed by atoms with van der Waals surface area (Å²) in [6.45, 7) is 10.6. The van der Waals surface area contributed by atoms with Crippen LogP contribution in [0.5, 0.6) is 0 Å². The maximum absolute atomic E-state index is 11.9. The molecule has 0 atom stereocenters. The average Bonchev–Trinajstić information content (AvgIpc) is 2.92. The third-order valence-corrected chi connectivity index (χ3v) is 3.66. The Labute approximate surface area is 119 Å². The van der Waals surface area contributed by atoms with Gasteiger partial charge in [0, 0.05) is 43.0 Å². The van der Waals surface area contributed by atoms with Crippen molar-refractivity contribution in [2.75, 3.05) is 13.1 Å². The van der Waals surface area contributed by atoms with Crippen LogP contribution in [0.15, 0.2) is 5.10 Å². The zero-order chi connectivity index (χ0) is 14.7. The van der Waals surface area contributed by atoms with E-state index in [4.69, 9.17) is 0 Å². The number of carbonyl (C=O) groups is 1. The van der Waals surface area contributed by atoms with Crippen molar-refractivity contribution in [1.82, 2.24) is 20.1 Å². The molecule has 1 aromatic rings. The van der Waals surface area contributed by atoms with Crippen LogP contribution in [0.25, 0.3) is 0 Å². The minimum atomic E-state index is 0.00602. The first-order valence-electron chi connectivity index (χ1n) is 7.09. The van der Waals surface area contributed by atoms with E-state index in [9.17, 15) is 4.79 Å². The molecule has 0 radical (unpaired) electrons. The van der Waals surface area contributed by atoms with Crippen molar-refractivity contribution >= 4 is 11.6 Å². The van der Waals surface area contributed by atoms with Crippen LogP contribution in [0.3, 0.4) is 0 Å². The highest BCUT2D eigenvalue weighted by atomic mass is 16.2. The fourth-order valence-electron chi connectivity index (χ4n) is 2.45. The second kappa shape index (κ2) is 6.07. The van der Waals surface area contributed by atoms with E-state index < -0.39 is 0 Å². The Morgan fingerprint density at radius 2 is 2.10 bits per heavy atom. The zero-order valence-electron chi connectivity index (χ0n) is 12.7. The van der Waals surface area contributed by atoms with Gasteiger partial charge in [0.2, 0.25) is 5.91 Å². The number of aromatic nitrogens is 2. The van der Waals surface area contributed by atoms with E-state index in [2.05, 4.69) is 22.4 Å². The Morgan fingerprint density at radius 1 is 1.35 bits per heavy atom. The molecule has 0 bridgehead atoms. The van der Waals surface area contributed by atoms with Gasteiger partial charge >= 0.3 is 0 Å². The van der Waals surface area contributed by atoms with E-state index in [-0.39, 0.29) is 5.91 Å². The molecule has 0 spiro atoms. The third-order valence-electron chi connectivity index (χ3n) is 3.66. The second-order valence-corrected chi connectivity index (χ2v) is 5.22. The van der Waals surface area contributed by atoms with Crippen molar-refractivity contribution in [3.8, 4) is 0 Å². The maximum Gasteiger partial charge on any atom is 0.241 e. The molecular weight excluding hydrogens is 254 g/mol. The molecule has 2 heterocycles. The summed E-state index contributed by atoms with van der Waals surface area (Å²) in [5, 5.41) is 13.5. The number of carbonyl (C=O) groups excluding carboxylic acids is 1. The Morgan fingerprint density at radius 3 is 2.65 bits per heavy atom. The van der Waals surface area contributed by atoms with Crippen molar-refractivity contribution < 1.29 is 4.79 Å². The summed E-state index contributed by atoms with van der Waals surface area (Å²) < 4.78 is 1.96. The number of aryl methyl sites for hydroxylation is 2. The second-order valence-electron chi connectivity index (χ2n) is 5.22. The predicted octanol–water partition coefficient (Wildman–Crippen LogP) is 1.22. The van der Waals surface area contributed by atoms with E-state index in [0.717, 1.165) is 42.2 Å². The van der Waals surface area contributed by atoms with Gasteiger partial charge in [-0.3, -0.25) is 14.5 Å². The molecule has 0 saturated heterocycles. The lowest BCUT2D eigenvalue weighted by Gasteiger charge is -2.13. The minimum absolute atomic E-state index is 0.00602. The topological polar surface area (TPSA) is 62.5 Å². The normalized spacial score (nSPS) is 14.6. The predicted molar refractivity (Wildman–Crippen MR) is 78.5 cm³/mol. The lowest BCUT2D eigenvalue weighted by Crippen LogP contribution is -2.33. The molecule has 1 N–H and O–H groups in total. The third kappa shape index (κ3) is 3.18. The quantitative estimate of drug-likeness (QED) is 0.880. The van der Waals surface area contributed by atoms with E-state index in [0.29, 0.717) is 13.1 Å². The van der Waals surface area contributed by atoms with Crippen molar-refractivity contribution in [3.63, 3.8) is 0 Å². The van der Waals surface area contributed by atoms with Gasteiger partial charge in [0.25, 0.3) is 0 Å². The van der Waals surface area contributed by atoms with Crippen LogP contribution in [0.2, 0.25) is 0 Å². The smallest absolute Gasteiger partial charge is 0.241 e. The highest BCUT2D eigenvalue weighted by Crippen LogP contribution is 2.12. The summed E-state index contributed by atoms with van der Waals surface area (Å²) in [5.41, 5.74) is 4.31. The van der Waals surface area contributed by atoms with Crippen LogP contribution in [0, 0.1) is 13.8 Å². The fourth-order valence-corrected chi connectivity index (χ4v) is 2.45. The first kappa shape index (κ1) is 14.6. The van der Waals surface area contributed by atoms with Gasteiger partial charge in [-0.15, -0.1) is 0 Å². The van der Waals surface area contributed by atoms with Gasteiger partial charge in [0.15, 0.2) is 0 Å². The molecule has 6 heteroatoms. The van der Waals surface area contributed by atoms with Crippen molar-refractivity contribution in [1.29, 1.82) is 0 Å². The lowest BCUT2D eigenvalue weighted by molar-refractivity contribution is -0.122. The van der Waals surface area contributed by atoms with Gasteiger partial charge in [-0.25, -0.2) is 0 Å². The summed E-state index contributed by atoms with van der Waals surface area (Å²) in [4.78, 5) is 11.9. The number of hydrazone groups is 1. The minimum Gasteiger partial charge on any atom is -0.350 e. The Hall–Kier alpha value is -1.85. The molecule has 0 aromatic carbocycles. The molecule has 0 saturated carbocycles. The van der Waals surface area contributed by atoms with Crippen LogP contribution < -0.4 is 5.32 Å². The summed E-state index contributed by atoms with van der Waals surface area (Å²) >= 11 is 0. The molecule has 1 aromatic heterocycles. The van der Waals surface area contributed by atoms with Crippen LogP contribution in [-0.2, 0) is 17.9 Å². The average molecular weight is 277 g/mol. The van der Waals surface area contributed by atoms with Crippen LogP contribution in [0.1, 0.15) is 37.2 Å². The summed E-state index contributed by atoms with van der Waals surface area (Å²) in [6.07, 6.45) is 0.953. The van der Waals surface area contributed by atoms with Crippen LogP contribution in [-0.4, -0.2) is 39.5 Å². The van der Waals surface area contributed by atoms with Crippen molar-refractivity contribution in [2.24, 2.45) is 5.10 Å². The molecule has 0 aliphatic carbocycles.